The highest BCUT2D eigenvalue weighted by Crippen LogP contribution is 2.36. The van der Waals surface area contributed by atoms with Crippen LogP contribution in [0.2, 0.25) is 0 Å². The van der Waals surface area contributed by atoms with Crippen LogP contribution < -0.4 is 11.1 Å². The second-order valence-corrected chi connectivity index (χ2v) is 5.20. The Balaban J connectivity index is 1.89. The summed E-state index contributed by atoms with van der Waals surface area (Å²) in [7, 11) is 1.79. The van der Waals surface area contributed by atoms with Crippen LogP contribution >= 0.6 is 0 Å². The van der Waals surface area contributed by atoms with Crippen LogP contribution in [0.25, 0.3) is 10.9 Å². The van der Waals surface area contributed by atoms with E-state index in [9.17, 15) is 0 Å². The number of hydrogen-bond donors (Lipinski definition) is 2. The van der Waals surface area contributed by atoms with Gasteiger partial charge in [-0.25, -0.2) is 0 Å². The number of para-hydroxylation sites is 1. The predicted octanol–water partition coefficient (Wildman–Crippen LogP) is 2.80. The molecule has 1 saturated carbocycles. The van der Waals surface area contributed by atoms with E-state index < -0.39 is 0 Å². The summed E-state index contributed by atoms with van der Waals surface area (Å²) in [6.45, 7) is 0.793. The third kappa shape index (κ3) is 2.12. The number of nitrogen functional groups attached to an aromatic ring is 1. The zero-order valence-electron chi connectivity index (χ0n) is 11.1. The van der Waals surface area contributed by atoms with E-state index in [2.05, 4.69) is 10.3 Å². The molecule has 1 aromatic heterocycles. The number of aromatic nitrogens is 1. The Morgan fingerprint density at radius 2 is 2.16 bits per heavy atom. The first-order chi connectivity index (χ1) is 9.24. The molecule has 2 aromatic rings. The van der Waals surface area contributed by atoms with Crippen molar-refractivity contribution in [3.8, 4) is 0 Å². The van der Waals surface area contributed by atoms with Gasteiger partial charge < -0.3 is 15.8 Å². The van der Waals surface area contributed by atoms with Crippen LogP contribution in [0.1, 0.15) is 19.3 Å². The fraction of sp³-hybridized carbons (Fsp3) is 0.400. The monoisotopic (exact) mass is 257 g/mol. The molecule has 0 unspecified atom stereocenters. The van der Waals surface area contributed by atoms with Crippen molar-refractivity contribution in [3.05, 3.63) is 30.5 Å². The van der Waals surface area contributed by atoms with Gasteiger partial charge in [-0.3, -0.25) is 4.98 Å². The fourth-order valence-electron chi connectivity index (χ4n) is 2.63. The van der Waals surface area contributed by atoms with Crippen molar-refractivity contribution < 1.29 is 4.74 Å². The number of fused-ring (bicyclic) bond motifs is 1. The van der Waals surface area contributed by atoms with Crippen molar-refractivity contribution in [2.75, 3.05) is 24.7 Å². The van der Waals surface area contributed by atoms with Gasteiger partial charge >= 0.3 is 0 Å². The maximum Gasteiger partial charge on any atom is 0.0850 e. The zero-order valence-corrected chi connectivity index (χ0v) is 11.1. The van der Waals surface area contributed by atoms with Crippen LogP contribution in [0.15, 0.2) is 30.5 Å². The molecule has 1 aliphatic rings. The van der Waals surface area contributed by atoms with E-state index in [1.807, 2.05) is 24.3 Å². The van der Waals surface area contributed by atoms with Gasteiger partial charge in [0.05, 0.1) is 28.7 Å². The molecular weight excluding hydrogens is 238 g/mol. The molecule has 3 rings (SSSR count). The van der Waals surface area contributed by atoms with Crippen LogP contribution in [0.3, 0.4) is 0 Å². The third-order valence-electron chi connectivity index (χ3n) is 4.09. The number of ether oxygens (including phenoxy) is 1. The molecule has 0 radical (unpaired) electrons. The normalized spacial score (nSPS) is 17.1. The number of rotatable bonds is 4. The molecule has 1 fully saturated rings. The standard InChI is InChI=1S/C15H19N3O/c1-19-15(7-4-8-15)10-18-14-11-5-2-3-6-13(11)17-9-12(14)16/h2-3,5-6,9H,4,7-8,10,16H2,1H3,(H,17,18). The summed E-state index contributed by atoms with van der Waals surface area (Å²) < 4.78 is 5.63. The van der Waals surface area contributed by atoms with Gasteiger partial charge in [0.25, 0.3) is 0 Å². The van der Waals surface area contributed by atoms with Crippen LogP contribution in [0.4, 0.5) is 11.4 Å². The van der Waals surface area contributed by atoms with Crippen LogP contribution in [-0.2, 0) is 4.74 Å². The molecule has 0 atom stereocenters. The second-order valence-electron chi connectivity index (χ2n) is 5.20. The minimum absolute atomic E-state index is 0.0170. The minimum Gasteiger partial charge on any atom is -0.396 e. The van der Waals surface area contributed by atoms with Crippen LogP contribution in [0, 0.1) is 0 Å². The van der Waals surface area contributed by atoms with Crippen molar-refractivity contribution in [3.63, 3.8) is 0 Å². The number of benzene rings is 1. The maximum atomic E-state index is 6.05. The van der Waals surface area contributed by atoms with Crippen molar-refractivity contribution in [1.82, 2.24) is 4.98 Å². The van der Waals surface area contributed by atoms with E-state index >= 15 is 0 Å². The number of pyridine rings is 1. The summed E-state index contributed by atoms with van der Waals surface area (Å²) >= 11 is 0. The number of anilines is 2. The number of methoxy groups -OCH3 is 1. The highest BCUT2D eigenvalue weighted by atomic mass is 16.5. The van der Waals surface area contributed by atoms with Gasteiger partial charge in [-0.05, 0) is 25.3 Å². The summed E-state index contributed by atoms with van der Waals surface area (Å²) in [5.41, 5.74) is 8.64. The Hall–Kier alpha value is -1.81. The van der Waals surface area contributed by atoms with Gasteiger partial charge in [-0.1, -0.05) is 18.2 Å². The van der Waals surface area contributed by atoms with E-state index in [-0.39, 0.29) is 5.60 Å². The third-order valence-corrected chi connectivity index (χ3v) is 4.09. The smallest absolute Gasteiger partial charge is 0.0850 e. The fourth-order valence-corrected chi connectivity index (χ4v) is 2.63. The Morgan fingerprint density at radius 1 is 1.37 bits per heavy atom. The quantitative estimate of drug-likeness (QED) is 0.884. The van der Waals surface area contributed by atoms with Gasteiger partial charge in [0.1, 0.15) is 0 Å². The van der Waals surface area contributed by atoms with Crippen LogP contribution in [-0.4, -0.2) is 24.2 Å². The van der Waals surface area contributed by atoms with Gasteiger partial charge in [0.15, 0.2) is 0 Å². The highest BCUT2D eigenvalue weighted by Gasteiger charge is 2.36. The summed E-state index contributed by atoms with van der Waals surface area (Å²) in [6.07, 6.45) is 5.17. The topological polar surface area (TPSA) is 60.2 Å². The van der Waals surface area contributed by atoms with Gasteiger partial charge in [-0.2, -0.15) is 0 Å². The lowest BCUT2D eigenvalue weighted by molar-refractivity contribution is -0.0600. The lowest BCUT2D eigenvalue weighted by Gasteiger charge is -2.40. The lowest BCUT2D eigenvalue weighted by atomic mass is 9.80. The molecule has 0 amide bonds. The predicted molar refractivity (Wildman–Crippen MR) is 78.2 cm³/mol. The van der Waals surface area contributed by atoms with E-state index in [0.29, 0.717) is 5.69 Å². The van der Waals surface area contributed by atoms with Crippen molar-refractivity contribution in [2.24, 2.45) is 0 Å². The molecule has 3 N–H and O–H groups in total. The Bertz CT molecular complexity index is 587. The van der Waals surface area contributed by atoms with Crippen LogP contribution in [0.5, 0.6) is 0 Å². The highest BCUT2D eigenvalue weighted by molar-refractivity contribution is 5.96. The van der Waals surface area contributed by atoms with E-state index in [4.69, 9.17) is 10.5 Å². The summed E-state index contributed by atoms with van der Waals surface area (Å²) in [4.78, 5) is 4.34. The summed E-state index contributed by atoms with van der Waals surface area (Å²) in [5, 5.41) is 4.52. The molecule has 100 valence electrons. The lowest BCUT2D eigenvalue weighted by Crippen LogP contribution is -2.45. The Labute approximate surface area is 113 Å². The van der Waals surface area contributed by atoms with Gasteiger partial charge in [0, 0.05) is 19.0 Å². The molecule has 0 spiro atoms. The molecule has 1 aromatic carbocycles. The summed E-state index contributed by atoms with van der Waals surface area (Å²) in [6, 6.07) is 8.03. The molecule has 1 aliphatic carbocycles. The van der Waals surface area contributed by atoms with Crippen molar-refractivity contribution >= 4 is 22.3 Å². The number of hydrogen-bond acceptors (Lipinski definition) is 4. The SMILES string of the molecule is COC1(CNc2c(N)cnc3ccccc23)CCC1. The maximum absolute atomic E-state index is 6.05. The molecule has 19 heavy (non-hydrogen) atoms. The minimum atomic E-state index is -0.0170. The van der Waals surface area contributed by atoms with E-state index in [1.54, 1.807) is 13.3 Å². The number of nitrogens with two attached hydrogens (primary N) is 1. The number of nitrogens with zero attached hydrogens (tertiary/aromatic N) is 1. The first kappa shape index (κ1) is 12.2. The van der Waals surface area contributed by atoms with E-state index in [0.717, 1.165) is 36.0 Å². The number of nitrogens with one attached hydrogen (secondary N) is 1. The Kier molecular flexibility index (Phi) is 3.03. The van der Waals surface area contributed by atoms with E-state index in [1.165, 1.54) is 6.42 Å². The second kappa shape index (κ2) is 4.70. The van der Waals surface area contributed by atoms with Gasteiger partial charge in [-0.15, -0.1) is 0 Å². The van der Waals surface area contributed by atoms with Gasteiger partial charge in [0.2, 0.25) is 0 Å². The molecule has 1 heterocycles. The average Bonchev–Trinajstić information content (AvgIpc) is 2.40. The molecule has 4 nitrogen and oxygen atoms in total. The molecule has 4 heteroatoms. The molecular formula is C15H19N3O. The molecule has 0 aliphatic heterocycles. The molecule has 0 bridgehead atoms. The largest absolute Gasteiger partial charge is 0.396 e. The summed E-state index contributed by atoms with van der Waals surface area (Å²) in [5.74, 6) is 0. The van der Waals surface area contributed by atoms with Crippen molar-refractivity contribution in [1.29, 1.82) is 0 Å². The average molecular weight is 257 g/mol. The first-order valence-electron chi connectivity index (χ1n) is 6.66. The van der Waals surface area contributed by atoms with Crippen molar-refractivity contribution in [2.45, 2.75) is 24.9 Å². The first-order valence-corrected chi connectivity index (χ1v) is 6.66. The molecule has 0 saturated heterocycles. The zero-order chi connectivity index (χ0) is 13.3. The Morgan fingerprint density at radius 3 is 2.84 bits per heavy atom.